The van der Waals surface area contributed by atoms with Gasteiger partial charge < -0.3 is 10.3 Å². The van der Waals surface area contributed by atoms with Crippen molar-refractivity contribution in [2.24, 2.45) is 5.73 Å². The maximum absolute atomic E-state index is 5.45. The van der Waals surface area contributed by atoms with Gasteiger partial charge in [-0.2, -0.15) is 4.98 Å². The van der Waals surface area contributed by atoms with Crippen molar-refractivity contribution in [3.05, 3.63) is 60.3 Å². The SMILES string of the molecule is C=CCN(Cc1ccccc1)Cc1noc(CN)n1.Cl. The van der Waals surface area contributed by atoms with Crippen LogP contribution in [0.25, 0.3) is 0 Å². The van der Waals surface area contributed by atoms with Crippen molar-refractivity contribution < 1.29 is 4.52 Å². The number of halogens is 1. The van der Waals surface area contributed by atoms with E-state index in [2.05, 4.69) is 33.8 Å². The minimum absolute atomic E-state index is 0. The van der Waals surface area contributed by atoms with Gasteiger partial charge in [-0.25, -0.2) is 0 Å². The van der Waals surface area contributed by atoms with E-state index in [1.165, 1.54) is 5.56 Å². The summed E-state index contributed by atoms with van der Waals surface area (Å²) in [6, 6.07) is 10.3. The molecule has 0 aliphatic rings. The van der Waals surface area contributed by atoms with Crippen molar-refractivity contribution >= 4 is 12.4 Å². The van der Waals surface area contributed by atoms with Gasteiger partial charge in [0.25, 0.3) is 0 Å². The van der Waals surface area contributed by atoms with Gasteiger partial charge in [0, 0.05) is 13.1 Å². The molecule has 0 bridgehead atoms. The zero-order valence-corrected chi connectivity index (χ0v) is 12.1. The summed E-state index contributed by atoms with van der Waals surface area (Å²) in [6.07, 6.45) is 1.87. The van der Waals surface area contributed by atoms with Gasteiger partial charge in [-0.3, -0.25) is 4.90 Å². The molecule has 2 rings (SSSR count). The van der Waals surface area contributed by atoms with Gasteiger partial charge >= 0.3 is 0 Å². The van der Waals surface area contributed by atoms with E-state index in [1.54, 1.807) is 0 Å². The van der Waals surface area contributed by atoms with Crippen LogP contribution in [0.2, 0.25) is 0 Å². The van der Waals surface area contributed by atoms with Crippen LogP contribution in [0.1, 0.15) is 17.3 Å². The summed E-state index contributed by atoms with van der Waals surface area (Å²) in [5.41, 5.74) is 6.69. The van der Waals surface area contributed by atoms with Crippen LogP contribution in [0, 0.1) is 0 Å². The molecule has 108 valence electrons. The Bertz CT molecular complexity index is 515. The van der Waals surface area contributed by atoms with E-state index in [0.29, 0.717) is 18.3 Å². The molecule has 5 nitrogen and oxygen atoms in total. The molecule has 20 heavy (non-hydrogen) atoms. The fourth-order valence-corrected chi connectivity index (χ4v) is 1.85. The Hall–Kier alpha value is -1.69. The summed E-state index contributed by atoms with van der Waals surface area (Å²) in [5.74, 6) is 1.12. The van der Waals surface area contributed by atoms with Crippen molar-refractivity contribution in [2.45, 2.75) is 19.6 Å². The quantitative estimate of drug-likeness (QED) is 0.792. The third kappa shape index (κ3) is 4.77. The summed E-state index contributed by atoms with van der Waals surface area (Å²) in [4.78, 5) is 6.40. The molecule has 1 aromatic heterocycles. The van der Waals surface area contributed by atoms with E-state index in [0.717, 1.165) is 13.1 Å². The van der Waals surface area contributed by atoms with Crippen LogP contribution < -0.4 is 5.73 Å². The van der Waals surface area contributed by atoms with Crippen molar-refractivity contribution in [2.75, 3.05) is 6.54 Å². The molecule has 0 aliphatic carbocycles. The second-order valence-corrected chi connectivity index (χ2v) is 4.25. The summed E-state index contributed by atoms with van der Waals surface area (Å²) in [5, 5.41) is 3.91. The number of aromatic nitrogens is 2. The molecule has 1 heterocycles. The lowest BCUT2D eigenvalue weighted by Gasteiger charge is -2.18. The van der Waals surface area contributed by atoms with E-state index >= 15 is 0 Å². The number of hydrogen-bond donors (Lipinski definition) is 1. The first-order chi connectivity index (χ1) is 9.31. The number of nitrogens with two attached hydrogens (primary N) is 1. The van der Waals surface area contributed by atoms with Gasteiger partial charge in [-0.1, -0.05) is 41.6 Å². The van der Waals surface area contributed by atoms with E-state index < -0.39 is 0 Å². The summed E-state index contributed by atoms with van der Waals surface area (Å²) < 4.78 is 5.00. The van der Waals surface area contributed by atoms with Crippen LogP contribution in [-0.2, 0) is 19.6 Å². The van der Waals surface area contributed by atoms with Gasteiger partial charge in [-0.05, 0) is 5.56 Å². The highest BCUT2D eigenvalue weighted by atomic mass is 35.5. The summed E-state index contributed by atoms with van der Waals surface area (Å²) in [7, 11) is 0. The fourth-order valence-electron chi connectivity index (χ4n) is 1.85. The Balaban J connectivity index is 0.00000200. The van der Waals surface area contributed by atoms with Crippen LogP contribution in [0.15, 0.2) is 47.5 Å². The lowest BCUT2D eigenvalue weighted by molar-refractivity contribution is 0.272. The third-order valence-electron chi connectivity index (χ3n) is 2.69. The van der Waals surface area contributed by atoms with Crippen LogP contribution in [0.3, 0.4) is 0 Å². The normalized spacial score (nSPS) is 10.3. The first kappa shape index (κ1) is 16.4. The van der Waals surface area contributed by atoms with Crippen LogP contribution >= 0.6 is 12.4 Å². The lowest BCUT2D eigenvalue weighted by atomic mass is 10.2. The molecule has 0 spiro atoms. The largest absolute Gasteiger partial charge is 0.338 e. The highest BCUT2D eigenvalue weighted by Crippen LogP contribution is 2.08. The zero-order chi connectivity index (χ0) is 13.5. The molecule has 0 aliphatic heterocycles. The van der Waals surface area contributed by atoms with Crippen molar-refractivity contribution in [3.63, 3.8) is 0 Å². The molecule has 0 unspecified atom stereocenters. The average molecular weight is 295 g/mol. The monoisotopic (exact) mass is 294 g/mol. The molecular weight excluding hydrogens is 276 g/mol. The number of hydrogen-bond acceptors (Lipinski definition) is 5. The molecule has 2 N–H and O–H groups in total. The fraction of sp³-hybridized carbons (Fsp3) is 0.286. The number of benzene rings is 1. The van der Waals surface area contributed by atoms with E-state index in [4.69, 9.17) is 10.3 Å². The molecule has 0 fully saturated rings. The van der Waals surface area contributed by atoms with Crippen molar-refractivity contribution in [1.82, 2.24) is 15.0 Å². The Kier molecular flexibility index (Phi) is 6.93. The predicted molar refractivity (Wildman–Crippen MR) is 80.2 cm³/mol. The van der Waals surface area contributed by atoms with Gasteiger partial charge in [-0.15, -0.1) is 19.0 Å². The van der Waals surface area contributed by atoms with Gasteiger partial charge in [0.1, 0.15) is 0 Å². The molecular formula is C14H19ClN4O. The number of nitrogens with zero attached hydrogens (tertiary/aromatic N) is 3. The minimum Gasteiger partial charge on any atom is -0.338 e. The lowest BCUT2D eigenvalue weighted by Crippen LogP contribution is -2.23. The minimum atomic E-state index is 0. The number of rotatable bonds is 7. The van der Waals surface area contributed by atoms with Crippen LogP contribution in [0.4, 0.5) is 0 Å². The molecule has 6 heteroatoms. The molecule has 0 saturated carbocycles. The maximum atomic E-state index is 5.45. The molecule has 0 atom stereocenters. The Morgan fingerprint density at radius 2 is 2.00 bits per heavy atom. The van der Waals surface area contributed by atoms with Gasteiger partial charge in [0.05, 0.1) is 13.1 Å². The Labute approximate surface area is 124 Å². The van der Waals surface area contributed by atoms with E-state index in [-0.39, 0.29) is 19.0 Å². The van der Waals surface area contributed by atoms with Crippen LogP contribution in [0.5, 0.6) is 0 Å². The van der Waals surface area contributed by atoms with Gasteiger partial charge in [0.15, 0.2) is 5.82 Å². The van der Waals surface area contributed by atoms with E-state index in [9.17, 15) is 0 Å². The summed E-state index contributed by atoms with van der Waals surface area (Å²) in [6.45, 7) is 6.25. The molecule has 0 saturated heterocycles. The van der Waals surface area contributed by atoms with Crippen molar-refractivity contribution in [1.29, 1.82) is 0 Å². The average Bonchev–Trinajstić information content (AvgIpc) is 2.88. The molecule has 0 radical (unpaired) electrons. The topological polar surface area (TPSA) is 68.2 Å². The second-order valence-electron chi connectivity index (χ2n) is 4.25. The molecule has 1 aromatic carbocycles. The first-order valence-electron chi connectivity index (χ1n) is 6.20. The standard InChI is InChI=1S/C14H18N4O.ClH/c1-2-8-18(10-12-6-4-3-5-7-12)11-13-16-14(9-15)19-17-13;/h2-7H,1,8-11,15H2;1H. The zero-order valence-electron chi connectivity index (χ0n) is 11.2. The molecule has 0 amide bonds. The Morgan fingerprint density at radius 1 is 1.25 bits per heavy atom. The third-order valence-corrected chi connectivity index (χ3v) is 2.69. The predicted octanol–water partition coefficient (Wildman–Crippen LogP) is 2.14. The highest BCUT2D eigenvalue weighted by molar-refractivity contribution is 5.85. The maximum Gasteiger partial charge on any atom is 0.240 e. The van der Waals surface area contributed by atoms with Gasteiger partial charge in [0.2, 0.25) is 5.89 Å². The second kappa shape index (κ2) is 8.47. The smallest absolute Gasteiger partial charge is 0.240 e. The first-order valence-corrected chi connectivity index (χ1v) is 6.20. The van der Waals surface area contributed by atoms with Crippen LogP contribution in [-0.4, -0.2) is 21.6 Å². The molecule has 2 aromatic rings. The van der Waals surface area contributed by atoms with Crippen molar-refractivity contribution in [3.8, 4) is 0 Å². The summed E-state index contributed by atoms with van der Waals surface area (Å²) >= 11 is 0. The highest BCUT2D eigenvalue weighted by Gasteiger charge is 2.10. The van der Waals surface area contributed by atoms with E-state index in [1.807, 2.05) is 24.3 Å². The Morgan fingerprint density at radius 3 is 2.60 bits per heavy atom.